The maximum absolute atomic E-state index is 14.3. The molecule has 0 saturated heterocycles. The van der Waals surface area contributed by atoms with E-state index in [1.54, 1.807) is 0 Å². The van der Waals surface area contributed by atoms with Gasteiger partial charge < -0.3 is 10.6 Å². The summed E-state index contributed by atoms with van der Waals surface area (Å²) in [7, 11) is 0. The lowest BCUT2D eigenvalue weighted by Crippen LogP contribution is -2.29. The Kier molecular flexibility index (Phi) is 7.09. The van der Waals surface area contributed by atoms with Crippen LogP contribution in [0.25, 0.3) is 0 Å². The van der Waals surface area contributed by atoms with E-state index in [1.807, 2.05) is 4.90 Å². The Morgan fingerprint density at radius 1 is 0.952 bits per heavy atom. The van der Waals surface area contributed by atoms with Crippen molar-refractivity contribution in [3.05, 3.63) is 29.3 Å². The first kappa shape index (κ1) is 17.9. The Labute approximate surface area is 127 Å². The summed E-state index contributed by atoms with van der Waals surface area (Å²) < 4.78 is 28.5. The summed E-state index contributed by atoms with van der Waals surface area (Å²) in [5, 5.41) is 0. The smallest absolute Gasteiger partial charge is 0.149 e. The van der Waals surface area contributed by atoms with Gasteiger partial charge >= 0.3 is 0 Å². The van der Waals surface area contributed by atoms with E-state index in [9.17, 15) is 8.78 Å². The Morgan fingerprint density at radius 2 is 1.38 bits per heavy atom. The summed E-state index contributed by atoms with van der Waals surface area (Å²) in [4.78, 5) is 1.84. The number of hydrogen-bond donors (Lipinski definition) is 1. The number of benzene rings is 1. The lowest BCUT2D eigenvalue weighted by molar-refractivity contribution is 0.512. The van der Waals surface area contributed by atoms with Gasteiger partial charge in [0, 0.05) is 19.6 Å². The largest absolute Gasteiger partial charge is 0.367 e. The molecule has 0 atom stereocenters. The molecule has 1 rings (SSSR count). The Morgan fingerprint density at radius 3 is 1.71 bits per heavy atom. The first-order valence-corrected chi connectivity index (χ1v) is 7.78. The number of halogens is 2. The van der Waals surface area contributed by atoms with Crippen LogP contribution >= 0.6 is 0 Å². The molecular weight excluding hydrogens is 270 g/mol. The molecule has 0 bridgehead atoms. The van der Waals surface area contributed by atoms with Gasteiger partial charge in [0.2, 0.25) is 0 Å². The van der Waals surface area contributed by atoms with E-state index in [4.69, 9.17) is 5.73 Å². The van der Waals surface area contributed by atoms with Crippen LogP contribution in [0.3, 0.4) is 0 Å². The highest BCUT2D eigenvalue weighted by Crippen LogP contribution is 2.26. The van der Waals surface area contributed by atoms with Gasteiger partial charge in [0.15, 0.2) is 0 Å². The van der Waals surface area contributed by atoms with Gasteiger partial charge in [0.05, 0.1) is 0 Å². The summed E-state index contributed by atoms with van der Waals surface area (Å²) in [6.45, 7) is 9.94. The molecule has 21 heavy (non-hydrogen) atoms. The maximum atomic E-state index is 14.3. The van der Waals surface area contributed by atoms with Gasteiger partial charge in [-0.1, -0.05) is 27.7 Å². The normalized spacial score (nSPS) is 11.5. The van der Waals surface area contributed by atoms with E-state index in [0.29, 0.717) is 30.5 Å². The molecule has 120 valence electrons. The molecule has 2 N–H and O–H groups in total. The van der Waals surface area contributed by atoms with Crippen LogP contribution in [-0.4, -0.2) is 13.1 Å². The van der Waals surface area contributed by atoms with Crippen LogP contribution in [0.4, 0.5) is 14.5 Å². The highest BCUT2D eigenvalue weighted by Gasteiger charge is 2.18. The van der Waals surface area contributed by atoms with Gasteiger partial charge in [-0.05, 0) is 42.4 Å². The first-order chi connectivity index (χ1) is 9.85. The third kappa shape index (κ3) is 5.62. The second-order valence-corrected chi connectivity index (χ2v) is 6.46. The predicted molar refractivity (Wildman–Crippen MR) is 85.4 cm³/mol. The Balaban J connectivity index is 3.00. The first-order valence-electron chi connectivity index (χ1n) is 7.78. The van der Waals surface area contributed by atoms with Crippen LogP contribution < -0.4 is 10.6 Å². The molecule has 4 heteroatoms. The van der Waals surface area contributed by atoms with E-state index in [-0.39, 0.29) is 12.2 Å². The minimum atomic E-state index is -0.511. The molecule has 0 aliphatic heterocycles. The van der Waals surface area contributed by atoms with Crippen molar-refractivity contribution in [2.24, 2.45) is 17.6 Å². The fourth-order valence-corrected chi connectivity index (χ4v) is 2.20. The zero-order valence-electron chi connectivity index (χ0n) is 13.6. The molecule has 0 radical (unpaired) electrons. The highest BCUT2D eigenvalue weighted by molar-refractivity contribution is 5.50. The molecule has 2 nitrogen and oxygen atoms in total. The van der Waals surface area contributed by atoms with Crippen LogP contribution in [-0.2, 0) is 6.54 Å². The molecule has 0 amide bonds. The average molecular weight is 298 g/mol. The number of nitrogens with two attached hydrogens (primary N) is 1. The number of rotatable bonds is 8. The lowest BCUT2D eigenvalue weighted by atomic mass is 10.1. The fraction of sp³-hybridized carbons (Fsp3) is 0.647. The molecule has 0 aliphatic rings. The number of nitrogens with zero attached hydrogens (tertiary/aromatic N) is 1. The summed E-state index contributed by atoms with van der Waals surface area (Å²) in [5.41, 5.74) is 6.04. The SMILES string of the molecule is CC(C)CCN(CCC(C)C)c1c(F)cc(CN)cc1F. The second kappa shape index (κ2) is 8.32. The number of anilines is 1. The monoisotopic (exact) mass is 298 g/mol. The number of hydrogen-bond acceptors (Lipinski definition) is 2. The van der Waals surface area contributed by atoms with E-state index in [2.05, 4.69) is 27.7 Å². The Bertz CT molecular complexity index is 409. The zero-order chi connectivity index (χ0) is 16.0. The summed E-state index contributed by atoms with van der Waals surface area (Å²) in [6, 6.07) is 2.69. The standard InChI is InChI=1S/C17H28F2N2/c1-12(2)5-7-21(8-6-13(3)4)17-15(18)9-14(11-20)10-16(17)19/h9-10,12-13H,5-8,11,20H2,1-4H3. The molecule has 0 saturated carbocycles. The molecule has 0 spiro atoms. The van der Waals surface area contributed by atoms with Gasteiger partial charge in [-0.25, -0.2) is 8.78 Å². The van der Waals surface area contributed by atoms with Gasteiger partial charge in [-0.2, -0.15) is 0 Å². The highest BCUT2D eigenvalue weighted by atomic mass is 19.1. The van der Waals surface area contributed by atoms with Crippen LogP contribution in [0.1, 0.15) is 46.1 Å². The summed E-state index contributed by atoms with van der Waals surface area (Å²) >= 11 is 0. The Hall–Kier alpha value is -1.16. The fourth-order valence-electron chi connectivity index (χ4n) is 2.20. The lowest BCUT2D eigenvalue weighted by Gasteiger charge is -2.27. The van der Waals surface area contributed by atoms with Gasteiger partial charge in [-0.15, -0.1) is 0 Å². The van der Waals surface area contributed by atoms with Crippen LogP contribution in [0.15, 0.2) is 12.1 Å². The molecule has 0 fully saturated rings. The van der Waals surface area contributed by atoms with E-state index >= 15 is 0 Å². The molecule has 0 unspecified atom stereocenters. The molecule has 0 heterocycles. The van der Waals surface area contributed by atoms with Gasteiger partial charge in [-0.3, -0.25) is 0 Å². The van der Waals surface area contributed by atoms with Gasteiger partial charge in [0.25, 0.3) is 0 Å². The molecular formula is C17H28F2N2. The van der Waals surface area contributed by atoms with Crippen molar-refractivity contribution in [2.75, 3.05) is 18.0 Å². The summed E-state index contributed by atoms with van der Waals surface area (Å²) in [5.74, 6) is -0.0205. The van der Waals surface area contributed by atoms with E-state index < -0.39 is 11.6 Å². The molecule has 0 aromatic heterocycles. The minimum absolute atomic E-state index is 0.0912. The summed E-state index contributed by atoms with van der Waals surface area (Å²) in [6.07, 6.45) is 1.82. The zero-order valence-corrected chi connectivity index (χ0v) is 13.6. The quantitative estimate of drug-likeness (QED) is 0.774. The maximum Gasteiger partial charge on any atom is 0.149 e. The average Bonchev–Trinajstić information content (AvgIpc) is 2.39. The minimum Gasteiger partial charge on any atom is -0.367 e. The van der Waals surface area contributed by atoms with Crippen LogP contribution in [0.5, 0.6) is 0 Å². The van der Waals surface area contributed by atoms with Crippen molar-refractivity contribution < 1.29 is 8.78 Å². The van der Waals surface area contributed by atoms with E-state index in [0.717, 1.165) is 12.8 Å². The van der Waals surface area contributed by atoms with Crippen molar-refractivity contribution in [3.63, 3.8) is 0 Å². The van der Waals surface area contributed by atoms with Crippen molar-refractivity contribution >= 4 is 5.69 Å². The van der Waals surface area contributed by atoms with Crippen molar-refractivity contribution in [3.8, 4) is 0 Å². The van der Waals surface area contributed by atoms with Crippen LogP contribution in [0, 0.1) is 23.5 Å². The predicted octanol–water partition coefficient (Wildman–Crippen LogP) is 4.32. The van der Waals surface area contributed by atoms with E-state index in [1.165, 1.54) is 12.1 Å². The molecule has 1 aromatic rings. The van der Waals surface area contributed by atoms with Crippen molar-refractivity contribution in [1.82, 2.24) is 0 Å². The molecule has 1 aromatic carbocycles. The van der Waals surface area contributed by atoms with Crippen molar-refractivity contribution in [2.45, 2.75) is 47.1 Å². The topological polar surface area (TPSA) is 29.3 Å². The third-order valence-corrected chi connectivity index (χ3v) is 3.58. The third-order valence-electron chi connectivity index (χ3n) is 3.58. The van der Waals surface area contributed by atoms with Crippen molar-refractivity contribution in [1.29, 1.82) is 0 Å². The molecule has 0 aliphatic carbocycles. The van der Waals surface area contributed by atoms with Crippen LogP contribution in [0.2, 0.25) is 0 Å². The van der Waals surface area contributed by atoms with Gasteiger partial charge in [0.1, 0.15) is 17.3 Å². The second-order valence-electron chi connectivity index (χ2n) is 6.46.